The number of carbonyl (C=O) groups excluding carboxylic acids is 1. The third-order valence-electron chi connectivity index (χ3n) is 1.84. The predicted octanol–water partition coefficient (Wildman–Crippen LogP) is 2.53. The zero-order valence-corrected chi connectivity index (χ0v) is 8.89. The number of alkyl halides is 2. The van der Waals surface area contributed by atoms with E-state index in [1.54, 1.807) is 0 Å². The number of esters is 1. The number of carbonyl (C=O) groups is 1. The Morgan fingerprint density at radius 1 is 1.62 bits per heavy atom. The molecule has 0 aliphatic rings. The molecular formula is C9H7ClF3NO2. The lowest BCUT2D eigenvalue weighted by Gasteiger charge is -2.07. The second kappa shape index (κ2) is 5.16. The highest BCUT2D eigenvalue weighted by molar-refractivity contribution is 6.31. The minimum atomic E-state index is -3.06. The fraction of sp³-hybridized carbons (Fsp3) is 0.333. The van der Waals surface area contributed by atoms with Gasteiger partial charge in [-0.2, -0.15) is 0 Å². The fourth-order valence-electron chi connectivity index (χ4n) is 1.05. The maximum atomic E-state index is 13.4. The standard InChI is InChI=1S/C9H7ClF3NO2/c1-16-6(15)2-5-8(11)7(9(12)13)4(10)3-14-5/h3,9H,2H2,1H3. The van der Waals surface area contributed by atoms with Gasteiger partial charge in [0, 0.05) is 6.20 Å². The quantitative estimate of drug-likeness (QED) is 0.777. The van der Waals surface area contributed by atoms with Crippen molar-refractivity contribution in [1.82, 2.24) is 4.98 Å². The van der Waals surface area contributed by atoms with E-state index in [-0.39, 0.29) is 0 Å². The lowest BCUT2D eigenvalue weighted by molar-refractivity contribution is -0.139. The molecule has 3 nitrogen and oxygen atoms in total. The molecule has 0 spiro atoms. The molecule has 0 amide bonds. The molecule has 0 atom stereocenters. The van der Waals surface area contributed by atoms with Crippen molar-refractivity contribution < 1.29 is 22.7 Å². The SMILES string of the molecule is COC(=O)Cc1ncc(Cl)c(C(F)F)c1F. The highest BCUT2D eigenvalue weighted by atomic mass is 35.5. The van der Waals surface area contributed by atoms with Crippen molar-refractivity contribution in [3.8, 4) is 0 Å². The van der Waals surface area contributed by atoms with E-state index in [1.165, 1.54) is 0 Å². The zero-order valence-electron chi connectivity index (χ0n) is 8.14. The van der Waals surface area contributed by atoms with E-state index in [2.05, 4.69) is 9.72 Å². The van der Waals surface area contributed by atoms with Crippen LogP contribution in [-0.4, -0.2) is 18.1 Å². The van der Waals surface area contributed by atoms with Gasteiger partial charge in [0.1, 0.15) is 0 Å². The third-order valence-corrected chi connectivity index (χ3v) is 2.14. The molecule has 0 aromatic carbocycles. The van der Waals surface area contributed by atoms with Crippen LogP contribution in [0.25, 0.3) is 0 Å². The number of hydrogen-bond acceptors (Lipinski definition) is 3. The second-order valence-corrected chi connectivity index (χ2v) is 3.24. The topological polar surface area (TPSA) is 39.2 Å². The maximum absolute atomic E-state index is 13.4. The molecule has 0 bridgehead atoms. The Hall–Kier alpha value is -1.30. The number of rotatable bonds is 3. The first-order valence-corrected chi connectivity index (χ1v) is 4.53. The number of ether oxygens (including phenoxy) is 1. The monoisotopic (exact) mass is 253 g/mol. The number of aromatic nitrogens is 1. The predicted molar refractivity (Wildman–Crippen MR) is 49.9 cm³/mol. The van der Waals surface area contributed by atoms with Crippen LogP contribution in [0.4, 0.5) is 13.2 Å². The van der Waals surface area contributed by atoms with Crippen molar-refractivity contribution in [1.29, 1.82) is 0 Å². The summed E-state index contributed by atoms with van der Waals surface area (Å²) in [6.07, 6.45) is -2.70. The third kappa shape index (κ3) is 2.63. The highest BCUT2D eigenvalue weighted by Crippen LogP contribution is 2.30. The smallest absolute Gasteiger partial charge is 0.311 e. The molecule has 0 fully saturated rings. The van der Waals surface area contributed by atoms with Crippen LogP contribution in [0.3, 0.4) is 0 Å². The first-order chi connectivity index (χ1) is 7.47. The first-order valence-electron chi connectivity index (χ1n) is 4.15. The van der Waals surface area contributed by atoms with Gasteiger partial charge in [0.15, 0.2) is 5.82 Å². The molecule has 1 aromatic rings. The van der Waals surface area contributed by atoms with Gasteiger partial charge in [-0.15, -0.1) is 0 Å². The van der Waals surface area contributed by atoms with Crippen LogP contribution in [0.1, 0.15) is 17.7 Å². The van der Waals surface area contributed by atoms with Crippen molar-refractivity contribution in [2.45, 2.75) is 12.8 Å². The largest absolute Gasteiger partial charge is 0.469 e. The van der Waals surface area contributed by atoms with Crippen LogP contribution in [0.5, 0.6) is 0 Å². The van der Waals surface area contributed by atoms with E-state index >= 15 is 0 Å². The van der Waals surface area contributed by atoms with Crippen molar-refractivity contribution in [3.63, 3.8) is 0 Å². The Labute approximate surface area is 94.2 Å². The molecule has 0 aliphatic heterocycles. The van der Waals surface area contributed by atoms with Gasteiger partial charge in [-0.3, -0.25) is 9.78 Å². The molecule has 1 heterocycles. The molecule has 0 saturated carbocycles. The summed E-state index contributed by atoms with van der Waals surface area (Å²) in [7, 11) is 1.10. The summed E-state index contributed by atoms with van der Waals surface area (Å²) in [4.78, 5) is 14.3. The van der Waals surface area contributed by atoms with Crippen LogP contribution in [0.2, 0.25) is 5.02 Å². The van der Waals surface area contributed by atoms with E-state index in [0.29, 0.717) is 0 Å². The van der Waals surface area contributed by atoms with Crippen molar-refractivity contribution >= 4 is 17.6 Å². The Kier molecular flexibility index (Phi) is 4.12. The van der Waals surface area contributed by atoms with Crippen molar-refractivity contribution in [3.05, 3.63) is 28.3 Å². The first kappa shape index (κ1) is 12.8. The minimum Gasteiger partial charge on any atom is -0.469 e. The summed E-state index contributed by atoms with van der Waals surface area (Å²) in [5.41, 5.74) is -1.36. The normalized spacial score (nSPS) is 10.6. The molecule has 0 aliphatic carbocycles. The number of pyridine rings is 1. The fourth-order valence-corrected chi connectivity index (χ4v) is 1.27. The maximum Gasteiger partial charge on any atom is 0.311 e. The van der Waals surface area contributed by atoms with Gasteiger partial charge < -0.3 is 4.74 Å². The number of hydrogen-bond donors (Lipinski definition) is 0. The summed E-state index contributed by atoms with van der Waals surface area (Å²) in [5, 5.41) is -0.471. The Morgan fingerprint density at radius 2 is 2.25 bits per heavy atom. The Morgan fingerprint density at radius 3 is 2.75 bits per heavy atom. The van der Waals surface area contributed by atoms with Gasteiger partial charge in [0.25, 0.3) is 6.43 Å². The molecule has 1 aromatic heterocycles. The van der Waals surface area contributed by atoms with E-state index < -0.39 is 40.9 Å². The highest BCUT2D eigenvalue weighted by Gasteiger charge is 2.22. The average Bonchev–Trinajstić information content (AvgIpc) is 2.21. The van der Waals surface area contributed by atoms with Gasteiger partial charge >= 0.3 is 5.97 Å². The summed E-state index contributed by atoms with van der Waals surface area (Å²) in [5.74, 6) is -2.04. The summed E-state index contributed by atoms with van der Waals surface area (Å²) in [6.45, 7) is 0. The second-order valence-electron chi connectivity index (χ2n) is 2.83. The Balaban J connectivity index is 3.13. The average molecular weight is 254 g/mol. The van der Waals surface area contributed by atoms with Crippen LogP contribution in [-0.2, 0) is 16.0 Å². The van der Waals surface area contributed by atoms with E-state index in [1.807, 2.05) is 0 Å². The van der Waals surface area contributed by atoms with Gasteiger partial charge in [-0.05, 0) is 0 Å². The summed E-state index contributed by atoms with van der Waals surface area (Å²) in [6, 6.07) is 0. The summed E-state index contributed by atoms with van der Waals surface area (Å²) >= 11 is 5.37. The molecule has 1 rings (SSSR count). The van der Waals surface area contributed by atoms with Crippen LogP contribution in [0.15, 0.2) is 6.20 Å². The summed E-state index contributed by atoms with van der Waals surface area (Å²) < 4.78 is 42.6. The number of halogens is 4. The minimum absolute atomic E-state index is 0.411. The van der Waals surface area contributed by atoms with Crippen LogP contribution >= 0.6 is 11.6 Å². The van der Waals surface area contributed by atoms with Gasteiger partial charge in [0.2, 0.25) is 0 Å². The van der Waals surface area contributed by atoms with Gasteiger partial charge in [-0.25, -0.2) is 13.2 Å². The molecule has 0 radical (unpaired) electrons. The van der Waals surface area contributed by atoms with Gasteiger partial charge in [-0.1, -0.05) is 11.6 Å². The molecule has 88 valence electrons. The van der Waals surface area contributed by atoms with E-state index in [9.17, 15) is 18.0 Å². The molecule has 0 N–H and O–H groups in total. The number of methoxy groups -OCH3 is 1. The zero-order chi connectivity index (χ0) is 12.3. The molecular weight excluding hydrogens is 247 g/mol. The molecule has 16 heavy (non-hydrogen) atoms. The lowest BCUT2D eigenvalue weighted by Crippen LogP contribution is -2.10. The van der Waals surface area contributed by atoms with E-state index in [0.717, 1.165) is 13.3 Å². The van der Waals surface area contributed by atoms with E-state index in [4.69, 9.17) is 11.6 Å². The van der Waals surface area contributed by atoms with Crippen molar-refractivity contribution in [2.24, 2.45) is 0 Å². The molecule has 7 heteroatoms. The number of nitrogens with zero attached hydrogens (tertiary/aromatic N) is 1. The lowest BCUT2D eigenvalue weighted by atomic mass is 10.2. The van der Waals surface area contributed by atoms with Gasteiger partial charge in [0.05, 0.1) is 29.8 Å². The van der Waals surface area contributed by atoms with Crippen LogP contribution < -0.4 is 0 Å². The van der Waals surface area contributed by atoms with Crippen molar-refractivity contribution in [2.75, 3.05) is 7.11 Å². The van der Waals surface area contributed by atoms with Crippen LogP contribution in [0, 0.1) is 5.82 Å². The molecule has 0 unspecified atom stereocenters. The Bertz CT molecular complexity index is 412. The molecule has 0 saturated heterocycles.